The highest BCUT2D eigenvalue weighted by molar-refractivity contribution is 7.16. The minimum Gasteiger partial charge on any atom is -0.464 e. The van der Waals surface area contributed by atoms with Crippen LogP contribution in [-0.4, -0.2) is 18.2 Å². The summed E-state index contributed by atoms with van der Waals surface area (Å²) in [5, 5.41) is 0. The van der Waals surface area contributed by atoms with Gasteiger partial charge in [0.2, 0.25) is 0 Å². The smallest absolute Gasteiger partial charge is 0.340 e. The van der Waals surface area contributed by atoms with Gasteiger partial charge in [0.05, 0.1) is 12.2 Å². The molecule has 0 aromatic carbocycles. The van der Waals surface area contributed by atoms with Crippen LogP contribution >= 0.6 is 22.9 Å². The Morgan fingerprint density at radius 1 is 1.44 bits per heavy atom. The second kappa shape index (κ2) is 8.24. The van der Waals surface area contributed by atoms with E-state index in [9.17, 15) is 4.79 Å². The normalized spacial score (nSPS) is 19.5. The number of carbonyl (C=O) groups is 1. The Morgan fingerprint density at radius 2 is 2.12 bits per heavy atom. The highest BCUT2D eigenvalue weighted by Crippen LogP contribution is 2.45. The first-order valence-corrected chi connectivity index (χ1v) is 10.2. The number of aryl methyl sites for hydroxylation is 1. The van der Waals surface area contributed by atoms with Crippen molar-refractivity contribution in [2.24, 2.45) is 5.92 Å². The van der Waals surface area contributed by atoms with Crippen molar-refractivity contribution in [2.45, 2.75) is 72.5 Å². The first-order chi connectivity index (χ1) is 11.6. The van der Waals surface area contributed by atoms with E-state index in [1.165, 1.54) is 16.9 Å². The highest BCUT2D eigenvalue weighted by atomic mass is 35.5. The monoisotopic (exact) mass is 384 g/mol. The van der Waals surface area contributed by atoms with Gasteiger partial charge in [-0.3, -0.25) is 0 Å². The molecule has 1 aromatic heterocycles. The standard InChI is InChI=1S/C20H29ClO3S/c1-7-23-19(22)17(24-20(4,5)6)15-13(3)25-18(21)16(15)14-10-8-12(2)9-11-14/h10,12,17H,7-9,11H2,1-6H3. The van der Waals surface area contributed by atoms with Gasteiger partial charge in [-0.2, -0.15) is 0 Å². The summed E-state index contributed by atoms with van der Waals surface area (Å²) < 4.78 is 12.2. The van der Waals surface area contributed by atoms with Gasteiger partial charge < -0.3 is 9.47 Å². The van der Waals surface area contributed by atoms with Gasteiger partial charge in [-0.05, 0) is 65.4 Å². The van der Waals surface area contributed by atoms with Gasteiger partial charge in [0.15, 0.2) is 6.10 Å². The van der Waals surface area contributed by atoms with E-state index in [2.05, 4.69) is 13.0 Å². The average molecular weight is 385 g/mol. The van der Waals surface area contributed by atoms with Gasteiger partial charge in [0.1, 0.15) is 4.34 Å². The zero-order valence-corrected chi connectivity index (χ0v) is 17.6. The van der Waals surface area contributed by atoms with Crippen LogP contribution < -0.4 is 0 Å². The number of hydrogen-bond acceptors (Lipinski definition) is 4. The van der Waals surface area contributed by atoms with E-state index in [0.29, 0.717) is 12.5 Å². The van der Waals surface area contributed by atoms with Crippen molar-refractivity contribution in [3.8, 4) is 0 Å². The number of esters is 1. The second-order valence-corrected chi connectivity index (χ2v) is 9.52. The van der Waals surface area contributed by atoms with E-state index in [1.807, 2.05) is 34.6 Å². The first kappa shape index (κ1) is 20.5. The SMILES string of the molecule is CCOC(=O)C(OC(C)(C)C)c1c(C)sc(Cl)c1C1=CCC(C)CC1. The van der Waals surface area contributed by atoms with Crippen molar-refractivity contribution in [3.05, 3.63) is 26.4 Å². The van der Waals surface area contributed by atoms with Gasteiger partial charge in [0.25, 0.3) is 0 Å². The average Bonchev–Trinajstić information content (AvgIpc) is 2.79. The van der Waals surface area contributed by atoms with Crippen molar-refractivity contribution in [3.63, 3.8) is 0 Å². The van der Waals surface area contributed by atoms with Crippen LogP contribution in [-0.2, 0) is 14.3 Å². The van der Waals surface area contributed by atoms with Crippen LogP contribution in [0.2, 0.25) is 4.34 Å². The van der Waals surface area contributed by atoms with Crippen LogP contribution in [0, 0.1) is 12.8 Å². The molecule has 2 unspecified atom stereocenters. The van der Waals surface area contributed by atoms with Crippen LogP contribution in [0.4, 0.5) is 0 Å². The Labute approximate surface area is 160 Å². The number of halogens is 1. The number of ether oxygens (including phenoxy) is 2. The summed E-state index contributed by atoms with van der Waals surface area (Å²) in [5.74, 6) is 0.346. The third-order valence-electron chi connectivity index (χ3n) is 4.32. The molecule has 1 heterocycles. The molecule has 0 saturated heterocycles. The van der Waals surface area contributed by atoms with Crippen LogP contribution in [0.5, 0.6) is 0 Å². The summed E-state index contributed by atoms with van der Waals surface area (Å²) in [6.45, 7) is 12.2. The van der Waals surface area contributed by atoms with Crippen molar-refractivity contribution in [1.29, 1.82) is 0 Å². The van der Waals surface area contributed by atoms with E-state index >= 15 is 0 Å². The Balaban J connectivity index is 2.51. The zero-order chi connectivity index (χ0) is 18.8. The summed E-state index contributed by atoms with van der Waals surface area (Å²) in [6, 6.07) is 0. The van der Waals surface area contributed by atoms with Gasteiger partial charge in [-0.1, -0.05) is 24.6 Å². The van der Waals surface area contributed by atoms with Gasteiger partial charge in [-0.15, -0.1) is 11.3 Å². The number of thiophene rings is 1. The van der Waals surface area contributed by atoms with E-state index in [-0.39, 0.29) is 5.97 Å². The number of carbonyl (C=O) groups excluding carboxylic acids is 1. The molecular weight excluding hydrogens is 356 g/mol. The molecule has 0 amide bonds. The van der Waals surface area contributed by atoms with Gasteiger partial charge >= 0.3 is 5.97 Å². The van der Waals surface area contributed by atoms with Crippen molar-refractivity contribution < 1.29 is 14.3 Å². The molecule has 0 aliphatic heterocycles. The first-order valence-electron chi connectivity index (χ1n) is 8.96. The maximum absolute atomic E-state index is 12.7. The molecule has 1 aromatic rings. The third-order valence-corrected chi connectivity index (χ3v) is 5.65. The van der Waals surface area contributed by atoms with Crippen molar-refractivity contribution >= 4 is 34.5 Å². The molecule has 1 aliphatic carbocycles. The molecule has 2 rings (SSSR count). The van der Waals surface area contributed by atoms with Crippen molar-refractivity contribution in [1.82, 2.24) is 0 Å². The molecule has 140 valence electrons. The molecule has 0 saturated carbocycles. The Morgan fingerprint density at radius 3 is 2.64 bits per heavy atom. The Hall–Kier alpha value is -0.840. The van der Waals surface area contributed by atoms with E-state index in [0.717, 1.165) is 39.6 Å². The molecule has 0 bridgehead atoms. The highest BCUT2D eigenvalue weighted by Gasteiger charge is 2.34. The molecule has 5 heteroatoms. The Bertz CT molecular complexity index is 655. The van der Waals surface area contributed by atoms with E-state index < -0.39 is 11.7 Å². The lowest BCUT2D eigenvalue weighted by atomic mass is 9.86. The fraction of sp³-hybridized carbons (Fsp3) is 0.650. The van der Waals surface area contributed by atoms with Gasteiger partial charge in [0, 0.05) is 16.0 Å². The summed E-state index contributed by atoms with van der Waals surface area (Å²) >= 11 is 8.10. The molecule has 1 aliphatic rings. The number of rotatable bonds is 5. The van der Waals surface area contributed by atoms with Crippen molar-refractivity contribution in [2.75, 3.05) is 6.61 Å². The quantitative estimate of drug-likeness (QED) is 0.556. The lowest BCUT2D eigenvalue weighted by Crippen LogP contribution is -2.29. The largest absolute Gasteiger partial charge is 0.464 e. The maximum atomic E-state index is 12.7. The van der Waals surface area contributed by atoms with Crippen LogP contribution in [0.15, 0.2) is 6.08 Å². The van der Waals surface area contributed by atoms with Crippen LogP contribution in [0.25, 0.3) is 5.57 Å². The molecule has 0 fully saturated rings. The molecule has 25 heavy (non-hydrogen) atoms. The van der Waals surface area contributed by atoms with Crippen LogP contribution in [0.3, 0.4) is 0 Å². The topological polar surface area (TPSA) is 35.5 Å². The van der Waals surface area contributed by atoms with E-state index in [4.69, 9.17) is 21.1 Å². The molecule has 2 atom stereocenters. The lowest BCUT2D eigenvalue weighted by Gasteiger charge is -2.28. The molecule has 0 radical (unpaired) electrons. The predicted octanol–water partition coefficient (Wildman–Crippen LogP) is 6.33. The van der Waals surface area contributed by atoms with Crippen LogP contribution in [0.1, 0.15) is 76.0 Å². The molecule has 3 nitrogen and oxygen atoms in total. The second-order valence-electron chi connectivity index (χ2n) is 7.69. The third kappa shape index (κ3) is 5.08. The molecular formula is C20H29ClO3S. The minimum atomic E-state index is -0.751. The summed E-state index contributed by atoms with van der Waals surface area (Å²) in [5.41, 5.74) is 2.63. The molecule has 0 N–H and O–H groups in total. The fourth-order valence-electron chi connectivity index (χ4n) is 3.13. The number of allylic oxidation sites excluding steroid dienone is 2. The number of hydrogen-bond donors (Lipinski definition) is 0. The molecule has 0 spiro atoms. The van der Waals surface area contributed by atoms with Gasteiger partial charge in [-0.25, -0.2) is 4.79 Å². The summed E-state index contributed by atoms with van der Waals surface area (Å²) in [4.78, 5) is 13.7. The lowest BCUT2D eigenvalue weighted by molar-refractivity contribution is -0.166. The predicted molar refractivity (Wildman–Crippen MR) is 105 cm³/mol. The zero-order valence-electron chi connectivity index (χ0n) is 16.1. The maximum Gasteiger partial charge on any atom is 0.340 e. The summed E-state index contributed by atoms with van der Waals surface area (Å²) in [6.07, 6.45) is 4.68. The minimum absolute atomic E-state index is 0.329. The summed E-state index contributed by atoms with van der Waals surface area (Å²) in [7, 11) is 0. The van der Waals surface area contributed by atoms with E-state index in [1.54, 1.807) is 0 Å². The fourth-order valence-corrected chi connectivity index (χ4v) is 4.63. The Kier molecular flexibility index (Phi) is 6.74.